The maximum Gasteiger partial charge on any atom is 0.229 e. The number of hydrogen-bond acceptors (Lipinski definition) is 2. The molecule has 3 heteroatoms. The fraction of sp³-hybridized carbons (Fsp3) is 0.316. The lowest BCUT2D eigenvalue weighted by atomic mass is 10.1. The first kappa shape index (κ1) is 14.6. The molecule has 0 saturated heterocycles. The maximum atomic E-state index is 12.5. The number of amides is 1. The highest BCUT2D eigenvalue weighted by molar-refractivity contribution is 5.96. The number of hydrogen-bond donors (Lipinski definition) is 1. The zero-order valence-corrected chi connectivity index (χ0v) is 13.2. The third-order valence-electron chi connectivity index (χ3n) is 4.20. The van der Waals surface area contributed by atoms with Crippen molar-refractivity contribution in [3.63, 3.8) is 0 Å². The SMILES string of the molecule is Cc1ccc(NCCC(=O)N2c3ccccc3CC2C)cc1. The quantitative estimate of drug-likeness (QED) is 0.931. The van der Waals surface area contributed by atoms with Crippen LogP contribution in [-0.4, -0.2) is 18.5 Å². The molecule has 0 bridgehead atoms. The predicted octanol–water partition coefficient (Wildman–Crippen LogP) is 3.77. The number of benzene rings is 2. The second kappa shape index (κ2) is 6.22. The molecule has 2 aromatic rings. The van der Waals surface area contributed by atoms with Crippen molar-refractivity contribution in [2.75, 3.05) is 16.8 Å². The molecule has 0 aromatic heterocycles. The molecule has 1 heterocycles. The van der Waals surface area contributed by atoms with Crippen molar-refractivity contribution in [2.45, 2.75) is 32.7 Å². The van der Waals surface area contributed by atoms with Gasteiger partial charge in [-0.2, -0.15) is 0 Å². The molecule has 1 amide bonds. The van der Waals surface area contributed by atoms with Gasteiger partial charge in [0.2, 0.25) is 5.91 Å². The highest BCUT2D eigenvalue weighted by Gasteiger charge is 2.29. The zero-order valence-electron chi connectivity index (χ0n) is 13.2. The third kappa shape index (κ3) is 2.98. The van der Waals surface area contributed by atoms with Gasteiger partial charge in [-0.25, -0.2) is 0 Å². The Hall–Kier alpha value is -2.29. The van der Waals surface area contributed by atoms with Crippen LogP contribution >= 0.6 is 0 Å². The summed E-state index contributed by atoms with van der Waals surface area (Å²) in [7, 11) is 0. The van der Waals surface area contributed by atoms with Crippen molar-refractivity contribution in [1.82, 2.24) is 0 Å². The summed E-state index contributed by atoms with van der Waals surface area (Å²) in [5.41, 5.74) is 4.66. The van der Waals surface area contributed by atoms with Crippen molar-refractivity contribution in [1.29, 1.82) is 0 Å². The Morgan fingerprint density at radius 3 is 2.68 bits per heavy atom. The summed E-state index contributed by atoms with van der Waals surface area (Å²) in [6.07, 6.45) is 1.46. The molecule has 3 rings (SSSR count). The zero-order chi connectivity index (χ0) is 15.5. The largest absolute Gasteiger partial charge is 0.385 e. The van der Waals surface area contributed by atoms with Gasteiger partial charge in [0, 0.05) is 30.4 Å². The first-order valence-electron chi connectivity index (χ1n) is 7.85. The van der Waals surface area contributed by atoms with Crippen molar-refractivity contribution in [3.8, 4) is 0 Å². The molecule has 2 aromatic carbocycles. The molecule has 114 valence electrons. The molecule has 1 N–H and O–H groups in total. The summed E-state index contributed by atoms with van der Waals surface area (Å²) < 4.78 is 0. The fourth-order valence-corrected chi connectivity index (χ4v) is 3.05. The molecule has 1 unspecified atom stereocenters. The molecular weight excluding hydrogens is 272 g/mol. The first-order chi connectivity index (χ1) is 10.6. The number of nitrogens with one attached hydrogen (secondary N) is 1. The number of carbonyl (C=O) groups is 1. The Morgan fingerprint density at radius 1 is 1.18 bits per heavy atom. The number of anilines is 2. The van der Waals surface area contributed by atoms with Gasteiger partial charge in [0.15, 0.2) is 0 Å². The van der Waals surface area contributed by atoms with E-state index in [4.69, 9.17) is 0 Å². The predicted molar refractivity (Wildman–Crippen MR) is 91.4 cm³/mol. The maximum absolute atomic E-state index is 12.5. The second-order valence-corrected chi connectivity index (χ2v) is 5.99. The van der Waals surface area contributed by atoms with Crippen LogP contribution in [0.1, 0.15) is 24.5 Å². The minimum Gasteiger partial charge on any atom is -0.385 e. The van der Waals surface area contributed by atoms with Crippen LogP contribution in [0.4, 0.5) is 11.4 Å². The Balaban J connectivity index is 1.59. The van der Waals surface area contributed by atoms with Crippen LogP contribution in [0.25, 0.3) is 0 Å². The summed E-state index contributed by atoms with van der Waals surface area (Å²) in [4.78, 5) is 14.5. The molecule has 0 aliphatic carbocycles. The van der Waals surface area contributed by atoms with Gasteiger partial charge in [0.25, 0.3) is 0 Å². The van der Waals surface area contributed by atoms with Crippen molar-refractivity contribution >= 4 is 17.3 Å². The van der Waals surface area contributed by atoms with Gasteiger partial charge >= 0.3 is 0 Å². The normalized spacial score (nSPS) is 16.5. The average molecular weight is 294 g/mol. The number of carbonyl (C=O) groups excluding carboxylic acids is 1. The summed E-state index contributed by atoms with van der Waals surface area (Å²) in [5, 5.41) is 3.32. The number of rotatable bonds is 4. The van der Waals surface area contributed by atoms with Crippen LogP contribution < -0.4 is 10.2 Å². The van der Waals surface area contributed by atoms with E-state index in [9.17, 15) is 4.79 Å². The molecular formula is C19H22N2O. The molecule has 0 saturated carbocycles. The highest BCUT2D eigenvalue weighted by Crippen LogP contribution is 2.32. The number of nitrogens with zero attached hydrogens (tertiary/aromatic N) is 1. The number of aryl methyl sites for hydroxylation is 1. The molecule has 22 heavy (non-hydrogen) atoms. The average Bonchev–Trinajstić information content (AvgIpc) is 2.85. The van der Waals surface area contributed by atoms with E-state index in [0.29, 0.717) is 13.0 Å². The summed E-state index contributed by atoms with van der Waals surface area (Å²) in [6.45, 7) is 4.85. The van der Waals surface area contributed by atoms with E-state index >= 15 is 0 Å². The molecule has 1 aliphatic heterocycles. The van der Waals surface area contributed by atoms with Gasteiger partial charge in [-0.1, -0.05) is 35.9 Å². The Bertz CT molecular complexity index is 663. The third-order valence-corrected chi connectivity index (χ3v) is 4.20. The van der Waals surface area contributed by atoms with Gasteiger partial charge in [-0.15, -0.1) is 0 Å². The van der Waals surface area contributed by atoms with Crippen LogP contribution in [0.2, 0.25) is 0 Å². The monoisotopic (exact) mass is 294 g/mol. The van der Waals surface area contributed by atoms with Gasteiger partial charge in [-0.3, -0.25) is 4.79 Å². The van der Waals surface area contributed by atoms with E-state index in [1.54, 1.807) is 0 Å². The second-order valence-electron chi connectivity index (χ2n) is 5.99. The Morgan fingerprint density at radius 2 is 1.91 bits per heavy atom. The Labute approximate surface area is 132 Å². The lowest BCUT2D eigenvalue weighted by Gasteiger charge is -2.23. The van der Waals surface area contributed by atoms with E-state index in [1.807, 2.05) is 35.2 Å². The number of fused-ring (bicyclic) bond motifs is 1. The van der Waals surface area contributed by atoms with E-state index in [1.165, 1.54) is 11.1 Å². The minimum absolute atomic E-state index is 0.192. The van der Waals surface area contributed by atoms with E-state index in [2.05, 4.69) is 37.4 Å². The van der Waals surface area contributed by atoms with E-state index in [-0.39, 0.29) is 11.9 Å². The van der Waals surface area contributed by atoms with Crippen LogP contribution in [0.5, 0.6) is 0 Å². The molecule has 0 radical (unpaired) electrons. The molecule has 0 fully saturated rings. The van der Waals surface area contributed by atoms with Crippen molar-refractivity contribution in [2.24, 2.45) is 0 Å². The van der Waals surface area contributed by atoms with Crippen molar-refractivity contribution in [3.05, 3.63) is 59.7 Å². The van der Waals surface area contributed by atoms with Gasteiger partial charge in [0.1, 0.15) is 0 Å². The molecule has 1 atom stereocenters. The fourth-order valence-electron chi connectivity index (χ4n) is 3.05. The van der Waals surface area contributed by atoms with Crippen LogP contribution in [-0.2, 0) is 11.2 Å². The minimum atomic E-state index is 0.192. The van der Waals surface area contributed by atoms with Crippen LogP contribution in [0, 0.1) is 6.92 Å². The first-order valence-corrected chi connectivity index (χ1v) is 7.85. The van der Waals surface area contributed by atoms with Gasteiger partial charge in [-0.05, 0) is 44.0 Å². The standard InChI is InChI=1S/C19H22N2O/c1-14-7-9-17(10-8-14)20-12-11-19(22)21-15(2)13-16-5-3-4-6-18(16)21/h3-10,15,20H,11-13H2,1-2H3. The van der Waals surface area contributed by atoms with Gasteiger partial charge in [0.05, 0.1) is 0 Å². The van der Waals surface area contributed by atoms with Crippen molar-refractivity contribution < 1.29 is 4.79 Å². The summed E-state index contributed by atoms with van der Waals surface area (Å²) in [6, 6.07) is 16.7. The smallest absolute Gasteiger partial charge is 0.229 e. The topological polar surface area (TPSA) is 32.3 Å². The van der Waals surface area contributed by atoms with Gasteiger partial charge < -0.3 is 10.2 Å². The van der Waals surface area contributed by atoms with E-state index < -0.39 is 0 Å². The molecule has 0 spiro atoms. The van der Waals surface area contributed by atoms with Crippen LogP contribution in [0.15, 0.2) is 48.5 Å². The molecule has 1 aliphatic rings. The number of para-hydroxylation sites is 1. The lowest BCUT2D eigenvalue weighted by molar-refractivity contribution is -0.118. The Kier molecular flexibility index (Phi) is 4.14. The van der Waals surface area contributed by atoms with Crippen LogP contribution in [0.3, 0.4) is 0 Å². The summed E-state index contributed by atoms with van der Waals surface area (Å²) in [5.74, 6) is 0.192. The summed E-state index contributed by atoms with van der Waals surface area (Å²) >= 11 is 0. The van der Waals surface area contributed by atoms with E-state index in [0.717, 1.165) is 17.8 Å². The highest BCUT2D eigenvalue weighted by atomic mass is 16.2. The molecule has 3 nitrogen and oxygen atoms in total. The lowest BCUT2D eigenvalue weighted by Crippen LogP contribution is -2.36.